The van der Waals surface area contributed by atoms with Gasteiger partial charge in [0.1, 0.15) is 128 Å². The van der Waals surface area contributed by atoms with Crippen molar-refractivity contribution in [3.63, 3.8) is 0 Å². The SMILES string of the molecule is CC(C)CC(=O)C[C@](C)(O)[C@@H]1CC[C@@H]2[C@@H]3C[C@H](O[C@H]4O[C@@H](C)[C@H](O)[C@@H](O[C@H]5OC[C@H](O[C@H]6O[C@@H](CO)[C@H](O)[C@@H](O)[C@@H]6O[C@H]6O[C@@H](C)[C@H](O)[C@@H](O[C@H]7O[C@@H](CO)[C@H](O)[C@@H](O)[C@@H]7O)[C@@H]6O)[C@@H](O)[C@@H]5O[C@H]5O[C@@H](C)[C@H](O)[C@@H](O)[C@@H]5O)[C@@H]4O)[C@H]4C[C@@H](OS(=O)(=O)O)CC[C@]4(C)C3=CC[C@@]21C. The highest BCUT2D eigenvalue weighted by Gasteiger charge is 2.64. The van der Waals surface area contributed by atoms with Crippen LogP contribution in [0.4, 0.5) is 0 Å². The average molecular weight is 1410 g/mol. The predicted molar refractivity (Wildman–Crippen MR) is 318 cm³/mol. The first-order valence-electron chi connectivity index (χ1n) is 33.4. The summed E-state index contributed by atoms with van der Waals surface area (Å²) in [5.74, 6) is -0.947. The molecule has 9 fully saturated rings. The van der Waals surface area contributed by atoms with Crippen molar-refractivity contribution in [3.8, 4) is 0 Å². The molecule has 3 saturated carbocycles. The van der Waals surface area contributed by atoms with Crippen molar-refractivity contribution in [1.82, 2.24) is 0 Å². The van der Waals surface area contributed by atoms with E-state index >= 15 is 0 Å². The summed E-state index contributed by atoms with van der Waals surface area (Å²) in [6, 6.07) is 0. The van der Waals surface area contributed by atoms with Gasteiger partial charge >= 0.3 is 10.4 Å². The molecule has 34 heteroatoms. The van der Waals surface area contributed by atoms with Crippen LogP contribution in [0.5, 0.6) is 0 Å². The van der Waals surface area contributed by atoms with Crippen molar-refractivity contribution in [2.45, 2.75) is 309 Å². The smallest absolute Gasteiger partial charge is 0.394 e. The fourth-order valence-electron chi connectivity index (χ4n) is 17.2. The summed E-state index contributed by atoms with van der Waals surface area (Å²) in [5, 5.41) is 179. The van der Waals surface area contributed by atoms with E-state index in [2.05, 4.69) is 19.9 Å². The summed E-state index contributed by atoms with van der Waals surface area (Å²) < 4.78 is 112. The number of allylic oxidation sites excluding steroid dienone is 2. The van der Waals surface area contributed by atoms with Crippen LogP contribution in [0.2, 0.25) is 0 Å². The highest BCUT2D eigenvalue weighted by atomic mass is 32.3. The van der Waals surface area contributed by atoms with Gasteiger partial charge in [-0.15, -0.1) is 0 Å². The number of fused-ring (bicyclic) bond motifs is 5. The van der Waals surface area contributed by atoms with Gasteiger partial charge in [-0.3, -0.25) is 9.35 Å². The van der Waals surface area contributed by atoms with Crippen molar-refractivity contribution in [2.75, 3.05) is 19.8 Å². The van der Waals surface area contributed by atoms with Gasteiger partial charge < -0.3 is 139 Å². The first-order valence-corrected chi connectivity index (χ1v) is 34.8. The molecule has 6 heterocycles. The quantitative estimate of drug-likeness (QED) is 0.0379. The minimum absolute atomic E-state index is 0.00878. The fraction of sp³-hybridized carbons (Fsp3) is 0.952. The zero-order valence-electron chi connectivity index (χ0n) is 54.9. The first-order chi connectivity index (χ1) is 44.9. The van der Waals surface area contributed by atoms with Gasteiger partial charge in [0.05, 0.1) is 55.9 Å². The van der Waals surface area contributed by atoms with Gasteiger partial charge in [-0.25, -0.2) is 4.18 Å². The first kappa shape index (κ1) is 76.8. The molecule has 0 aromatic rings. The lowest BCUT2D eigenvalue weighted by Gasteiger charge is -2.60. The molecular formula is C62H102O33S. The summed E-state index contributed by atoms with van der Waals surface area (Å²) >= 11 is 0. The number of ether oxygens (including phenoxy) is 12. The molecule has 17 N–H and O–H groups in total. The van der Waals surface area contributed by atoms with E-state index < -0.39 is 243 Å². The Bertz CT molecular complexity index is 2750. The second kappa shape index (κ2) is 30.1. The number of hydrogen-bond donors (Lipinski definition) is 17. The van der Waals surface area contributed by atoms with E-state index in [4.69, 9.17) is 61.0 Å². The van der Waals surface area contributed by atoms with E-state index in [1.54, 1.807) is 6.92 Å². The topological polar surface area (TPSA) is 515 Å². The van der Waals surface area contributed by atoms with Gasteiger partial charge in [0.15, 0.2) is 37.7 Å². The van der Waals surface area contributed by atoms with Crippen LogP contribution in [0.1, 0.15) is 113 Å². The average Bonchev–Trinajstić information content (AvgIpc) is 1.29. The number of ketones is 1. The van der Waals surface area contributed by atoms with Crippen LogP contribution in [-0.2, 0) is 76.2 Å². The molecule has 0 radical (unpaired) electrons. The third-order valence-electron chi connectivity index (χ3n) is 22.4. The highest BCUT2D eigenvalue weighted by molar-refractivity contribution is 7.80. The van der Waals surface area contributed by atoms with E-state index in [1.807, 2.05) is 13.8 Å². The van der Waals surface area contributed by atoms with Crippen LogP contribution in [0.3, 0.4) is 0 Å². The van der Waals surface area contributed by atoms with Gasteiger partial charge in [-0.05, 0) is 113 Å². The number of hydrogen-bond acceptors (Lipinski definition) is 32. The monoisotopic (exact) mass is 1410 g/mol. The Balaban J connectivity index is 0.903. The van der Waals surface area contributed by atoms with Crippen LogP contribution in [0.25, 0.3) is 0 Å². The maximum Gasteiger partial charge on any atom is 0.397 e. The predicted octanol–water partition coefficient (Wildman–Crippen LogP) is -4.85. The molecule has 0 aromatic heterocycles. The molecule has 6 aliphatic heterocycles. The number of Topliss-reactive ketones (excluding diaryl/α,β-unsaturated/α-hetero) is 1. The molecule has 33 nitrogen and oxygen atoms in total. The van der Waals surface area contributed by atoms with E-state index in [0.29, 0.717) is 38.5 Å². The van der Waals surface area contributed by atoms with Gasteiger partial charge in [-0.2, -0.15) is 8.42 Å². The Kier molecular flexibility index (Phi) is 24.1. The molecule has 96 heavy (non-hydrogen) atoms. The number of rotatable bonds is 21. The summed E-state index contributed by atoms with van der Waals surface area (Å²) in [6.07, 6.45) is -48.6. The molecule has 10 rings (SSSR count). The number of carbonyl (C=O) groups excluding carboxylic acids is 1. The second-order valence-corrected chi connectivity index (χ2v) is 30.5. The van der Waals surface area contributed by atoms with Crippen molar-refractivity contribution in [1.29, 1.82) is 0 Å². The zero-order chi connectivity index (χ0) is 70.3. The maximum atomic E-state index is 13.3. The summed E-state index contributed by atoms with van der Waals surface area (Å²) in [7, 11) is -4.92. The second-order valence-electron chi connectivity index (χ2n) is 29.5. The molecule has 6 saturated heterocycles. The van der Waals surface area contributed by atoms with Crippen LogP contribution >= 0.6 is 0 Å². The molecule has 38 atom stereocenters. The van der Waals surface area contributed by atoms with E-state index in [0.717, 1.165) is 5.57 Å². The fourth-order valence-corrected chi connectivity index (χ4v) is 17.8. The van der Waals surface area contributed by atoms with Gasteiger partial charge in [0, 0.05) is 12.8 Å². The van der Waals surface area contributed by atoms with Crippen LogP contribution in [0, 0.1) is 40.4 Å². The normalized spacial score (nSPS) is 51.6. The Morgan fingerprint density at radius 3 is 1.64 bits per heavy atom. The van der Waals surface area contributed by atoms with E-state index in [1.165, 1.54) is 20.8 Å². The van der Waals surface area contributed by atoms with Crippen molar-refractivity contribution >= 4 is 16.2 Å². The Hall–Kier alpha value is -1.84. The molecule has 0 unspecified atom stereocenters. The third-order valence-corrected chi connectivity index (χ3v) is 22.9. The van der Waals surface area contributed by atoms with E-state index in [-0.39, 0.29) is 48.7 Å². The summed E-state index contributed by atoms with van der Waals surface area (Å²) in [6.45, 7) is 11.4. The molecule has 0 spiro atoms. The van der Waals surface area contributed by atoms with Crippen LogP contribution in [-0.4, -0.2) is 316 Å². The van der Waals surface area contributed by atoms with Crippen molar-refractivity contribution in [2.24, 2.45) is 40.4 Å². The maximum absolute atomic E-state index is 13.3. The van der Waals surface area contributed by atoms with Gasteiger partial charge in [-0.1, -0.05) is 39.3 Å². The molecule has 0 amide bonds. The van der Waals surface area contributed by atoms with Crippen LogP contribution < -0.4 is 0 Å². The Labute approximate surface area is 555 Å². The van der Waals surface area contributed by atoms with Gasteiger partial charge in [0.2, 0.25) is 0 Å². The summed E-state index contributed by atoms with van der Waals surface area (Å²) in [4.78, 5) is 13.3. The lowest BCUT2D eigenvalue weighted by Crippen LogP contribution is -2.67. The minimum Gasteiger partial charge on any atom is -0.394 e. The molecule has 554 valence electrons. The zero-order valence-corrected chi connectivity index (χ0v) is 55.7. The van der Waals surface area contributed by atoms with Crippen LogP contribution in [0.15, 0.2) is 11.6 Å². The lowest BCUT2D eigenvalue weighted by atomic mass is 9.47. The van der Waals surface area contributed by atoms with Crippen molar-refractivity contribution in [3.05, 3.63) is 11.6 Å². The standard InChI is InChI=1S/C62H102O33S/c1-22(2)15-26(65)18-62(8,79)36-10-9-29-28-17-32(31-16-27(95-96(80,81)82)11-13-60(31,6)30(28)12-14-61(29,36)7)87-56-48(77)51(39(68)24(4)85-56)92-58-52(93-54-46(75)43(72)37(66)23(3)84-54)42(71)35(21-83-58)90-59-53(45(74)41(70)34(20-64)89-59)94-57-49(78)50(38(67)25(5)86-57)91-55-47(76)44(73)40(69)33(19-63)88-55/h12,22-25,27-29,31-59,63-64,66-79H,9-11,13-21H2,1-8H3,(H,80,81,82)/t23-,24-,25-,27-,28-,29+,31+,32-,33-,34-,35-,36+,37-,38-,39-,40-,41-,42+,43+,44+,45+,46-,47-,48-,49-,50+,51+,52-,53-,54+,55+,56+,57+,58+,59+,60+,61-,62-/m0/s1. The van der Waals surface area contributed by atoms with E-state index in [9.17, 15) is 99.5 Å². The molecule has 10 aliphatic rings. The highest BCUT2D eigenvalue weighted by Crippen LogP contribution is 2.67. The summed E-state index contributed by atoms with van der Waals surface area (Å²) in [5.41, 5.74) is -1.36. The minimum atomic E-state index is -4.92. The molecule has 0 aromatic carbocycles. The van der Waals surface area contributed by atoms with Gasteiger partial charge in [0.25, 0.3) is 0 Å². The molecule has 4 aliphatic carbocycles. The largest absolute Gasteiger partial charge is 0.397 e. The van der Waals surface area contributed by atoms with Crippen molar-refractivity contribution < 1.29 is 160 Å². The number of aliphatic hydroxyl groups is 16. The Morgan fingerprint density at radius 2 is 1.06 bits per heavy atom. The lowest BCUT2D eigenvalue weighted by molar-refractivity contribution is -0.402. The molecule has 0 bridgehead atoms. The Morgan fingerprint density at radius 1 is 0.573 bits per heavy atom. The number of aliphatic hydroxyl groups excluding tert-OH is 15. The molecular weight excluding hydrogens is 1300 g/mol. The third kappa shape index (κ3) is 15.2. The number of carbonyl (C=O) groups is 1.